The van der Waals surface area contributed by atoms with E-state index in [0.29, 0.717) is 10.0 Å². The molecular weight excluding hydrogens is 346 g/mol. The van der Waals surface area contributed by atoms with Crippen LogP contribution >= 0.6 is 15.9 Å². The number of hydrogen-bond donors (Lipinski definition) is 1. The molecule has 0 aliphatic heterocycles. The summed E-state index contributed by atoms with van der Waals surface area (Å²) in [6.45, 7) is 1.67. The van der Waals surface area contributed by atoms with Crippen LogP contribution in [0.1, 0.15) is 18.5 Å². The highest BCUT2D eigenvalue weighted by Crippen LogP contribution is 2.31. The molecule has 0 heterocycles. The molecule has 0 bridgehead atoms. The van der Waals surface area contributed by atoms with Gasteiger partial charge in [0.2, 0.25) is 0 Å². The summed E-state index contributed by atoms with van der Waals surface area (Å²) in [5.41, 5.74) is 0.526. The van der Waals surface area contributed by atoms with Crippen LogP contribution in [0.15, 0.2) is 40.9 Å². The number of rotatable bonds is 4. The van der Waals surface area contributed by atoms with Crippen molar-refractivity contribution in [3.8, 4) is 0 Å². The van der Waals surface area contributed by atoms with Gasteiger partial charge in [-0.15, -0.1) is 0 Å². The topological polar surface area (TPSA) is 55.2 Å². The largest absolute Gasteiger partial charge is 0.373 e. The number of halogens is 3. The highest BCUT2D eigenvalue weighted by Gasteiger charge is 2.17. The Hall–Kier alpha value is -2.02. The Labute approximate surface area is 128 Å². The van der Waals surface area contributed by atoms with Crippen molar-refractivity contribution in [1.82, 2.24) is 0 Å². The van der Waals surface area contributed by atoms with Crippen molar-refractivity contribution in [3.05, 3.63) is 68.2 Å². The first kappa shape index (κ1) is 15.4. The SMILES string of the molecule is CC(Nc1ccc(Br)cc1[N+](=O)[O-])c1cc(F)cc(F)c1. The second-order valence-corrected chi connectivity index (χ2v) is 5.40. The Morgan fingerprint density at radius 1 is 1.19 bits per heavy atom. The molecule has 0 saturated heterocycles. The molecular formula is C14H11BrF2N2O2. The third-order valence-electron chi connectivity index (χ3n) is 2.91. The third kappa shape index (κ3) is 3.75. The molecule has 110 valence electrons. The van der Waals surface area contributed by atoms with Gasteiger partial charge in [-0.05, 0) is 36.8 Å². The fourth-order valence-corrected chi connectivity index (χ4v) is 2.27. The van der Waals surface area contributed by atoms with E-state index in [1.54, 1.807) is 13.0 Å². The van der Waals surface area contributed by atoms with Gasteiger partial charge in [0.1, 0.15) is 17.3 Å². The predicted molar refractivity (Wildman–Crippen MR) is 79.2 cm³/mol. The van der Waals surface area contributed by atoms with Crippen molar-refractivity contribution >= 4 is 27.3 Å². The van der Waals surface area contributed by atoms with Crippen molar-refractivity contribution in [2.45, 2.75) is 13.0 Å². The Morgan fingerprint density at radius 3 is 2.38 bits per heavy atom. The summed E-state index contributed by atoms with van der Waals surface area (Å²) >= 11 is 3.16. The van der Waals surface area contributed by atoms with Crippen molar-refractivity contribution in [2.75, 3.05) is 5.32 Å². The molecule has 1 atom stereocenters. The molecule has 0 radical (unpaired) electrons. The summed E-state index contributed by atoms with van der Waals surface area (Å²) in [6, 6.07) is 7.20. The highest BCUT2D eigenvalue weighted by molar-refractivity contribution is 9.10. The minimum atomic E-state index is -0.691. The number of nitrogens with one attached hydrogen (secondary N) is 1. The maximum absolute atomic E-state index is 13.2. The van der Waals surface area contributed by atoms with Crippen LogP contribution in [-0.2, 0) is 0 Å². The zero-order valence-corrected chi connectivity index (χ0v) is 12.5. The number of nitrogens with zero attached hydrogens (tertiary/aromatic N) is 1. The number of anilines is 1. The molecule has 2 rings (SSSR count). The molecule has 0 aromatic heterocycles. The van der Waals surface area contributed by atoms with E-state index in [1.165, 1.54) is 24.3 Å². The van der Waals surface area contributed by atoms with Gasteiger partial charge in [-0.3, -0.25) is 10.1 Å². The van der Waals surface area contributed by atoms with E-state index in [0.717, 1.165) is 6.07 Å². The molecule has 0 saturated carbocycles. The lowest BCUT2D eigenvalue weighted by atomic mass is 10.1. The first-order chi connectivity index (χ1) is 9.86. The summed E-state index contributed by atoms with van der Waals surface area (Å²) in [6.07, 6.45) is 0. The molecule has 0 aliphatic rings. The smallest absolute Gasteiger partial charge is 0.293 e. The molecule has 1 N–H and O–H groups in total. The number of benzene rings is 2. The molecule has 4 nitrogen and oxygen atoms in total. The Morgan fingerprint density at radius 2 is 1.81 bits per heavy atom. The molecule has 1 unspecified atom stereocenters. The summed E-state index contributed by atoms with van der Waals surface area (Å²) in [4.78, 5) is 10.5. The van der Waals surface area contributed by atoms with E-state index in [-0.39, 0.29) is 11.4 Å². The van der Waals surface area contributed by atoms with Gasteiger partial charge in [0.25, 0.3) is 5.69 Å². The van der Waals surface area contributed by atoms with E-state index >= 15 is 0 Å². The van der Waals surface area contributed by atoms with E-state index in [1.807, 2.05) is 0 Å². The minimum absolute atomic E-state index is 0.117. The fraction of sp³-hybridized carbons (Fsp3) is 0.143. The first-order valence-corrected chi connectivity index (χ1v) is 6.82. The van der Waals surface area contributed by atoms with Gasteiger partial charge in [0.05, 0.1) is 4.92 Å². The van der Waals surface area contributed by atoms with Crippen molar-refractivity contribution in [2.24, 2.45) is 0 Å². The second-order valence-electron chi connectivity index (χ2n) is 4.49. The molecule has 2 aromatic carbocycles. The van der Waals surface area contributed by atoms with Crippen LogP contribution in [0.2, 0.25) is 0 Å². The highest BCUT2D eigenvalue weighted by atomic mass is 79.9. The van der Waals surface area contributed by atoms with Crippen molar-refractivity contribution in [1.29, 1.82) is 0 Å². The molecule has 0 fully saturated rings. The average Bonchev–Trinajstić information content (AvgIpc) is 2.39. The maximum Gasteiger partial charge on any atom is 0.293 e. The van der Waals surface area contributed by atoms with Crippen LogP contribution in [0.4, 0.5) is 20.2 Å². The predicted octanol–water partition coefficient (Wildman–Crippen LogP) is 4.81. The average molecular weight is 357 g/mol. The van der Waals surface area contributed by atoms with Gasteiger partial charge in [-0.2, -0.15) is 0 Å². The first-order valence-electron chi connectivity index (χ1n) is 6.03. The van der Waals surface area contributed by atoms with E-state index in [9.17, 15) is 18.9 Å². The molecule has 0 amide bonds. The van der Waals surface area contributed by atoms with Crippen LogP contribution in [0.3, 0.4) is 0 Å². The van der Waals surface area contributed by atoms with E-state index < -0.39 is 22.6 Å². The number of nitro benzene ring substituents is 1. The fourth-order valence-electron chi connectivity index (χ4n) is 1.92. The minimum Gasteiger partial charge on any atom is -0.373 e. The standard InChI is InChI=1S/C14H11BrF2N2O2/c1-8(9-4-11(16)7-12(17)5-9)18-13-3-2-10(15)6-14(13)19(20)21/h2-8,18H,1H3. The quantitative estimate of drug-likeness (QED) is 0.631. The van der Waals surface area contributed by atoms with Gasteiger partial charge in [-0.25, -0.2) is 8.78 Å². The number of hydrogen-bond acceptors (Lipinski definition) is 3. The Bertz CT molecular complexity index is 674. The van der Waals surface area contributed by atoms with Crippen LogP contribution < -0.4 is 5.32 Å². The maximum atomic E-state index is 13.2. The van der Waals surface area contributed by atoms with Crippen LogP contribution in [-0.4, -0.2) is 4.92 Å². The normalized spacial score (nSPS) is 12.0. The van der Waals surface area contributed by atoms with Gasteiger partial charge in [0.15, 0.2) is 0 Å². The molecule has 0 aliphatic carbocycles. The lowest BCUT2D eigenvalue weighted by Gasteiger charge is -2.16. The summed E-state index contributed by atoms with van der Waals surface area (Å²) in [5, 5.41) is 13.9. The monoisotopic (exact) mass is 356 g/mol. The van der Waals surface area contributed by atoms with Gasteiger partial charge in [0, 0.05) is 22.6 Å². The van der Waals surface area contributed by atoms with Crippen LogP contribution in [0.5, 0.6) is 0 Å². The van der Waals surface area contributed by atoms with E-state index in [4.69, 9.17) is 0 Å². The number of nitro groups is 1. The Balaban J connectivity index is 2.31. The molecule has 2 aromatic rings. The zero-order chi connectivity index (χ0) is 15.6. The third-order valence-corrected chi connectivity index (χ3v) is 3.41. The van der Waals surface area contributed by atoms with Gasteiger partial charge < -0.3 is 5.32 Å². The summed E-state index contributed by atoms with van der Waals surface area (Å²) < 4.78 is 27.0. The van der Waals surface area contributed by atoms with Crippen molar-refractivity contribution < 1.29 is 13.7 Å². The molecule has 0 spiro atoms. The molecule has 21 heavy (non-hydrogen) atoms. The van der Waals surface area contributed by atoms with Gasteiger partial charge >= 0.3 is 0 Å². The lowest BCUT2D eigenvalue weighted by Crippen LogP contribution is -2.09. The van der Waals surface area contributed by atoms with Crippen molar-refractivity contribution in [3.63, 3.8) is 0 Å². The van der Waals surface area contributed by atoms with E-state index in [2.05, 4.69) is 21.2 Å². The van der Waals surface area contributed by atoms with Crippen LogP contribution in [0.25, 0.3) is 0 Å². The summed E-state index contributed by atoms with van der Waals surface area (Å²) in [7, 11) is 0. The lowest BCUT2D eigenvalue weighted by molar-refractivity contribution is -0.384. The molecule has 7 heteroatoms. The Kier molecular flexibility index (Phi) is 4.52. The zero-order valence-electron chi connectivity index (χ0n) is 10.9. The van der Waals surface area contributed by atoms with Gasteiger partial charge in [-0.1, -0.05) is 15.9 Å². The van der Waals surface area contributed by atoms with Crippen LogP contribution in [0, 0.1) is 21.7 Å². The summed E-state index contributed by atoms with van der Waals surface area (Å²) in [5.74, 6) is -1.38. The second kappa shape index (κ2) is 6.17.